The fourth-order valence-corrected chi connectivity index (χ4v) is 12.4. The summed E-state index contributed by atoms with van der Waals surface area (Å²) in [7, 11) is 0. The van der Waals surface area contributed by atoms with Crippen LogP contribution in [0.3, 0.4) is 0 Å². The van der Waals surface area contributed by atoms with E-state index in [1.165, 1.54) is 110 Å². The van der Waals surface area contributed by atoms with Crippen LogP contribution in [0.1, 0.15) is 47.2 Å². The van der Waals surface area contributed by atoms with Gasteiger partial charge in [-0.2, -0.15) is 0 Å². The van der Waals surface area contributed by atoms with Crippen molar-refractivity contribution < 1.29 is 0 Å². The van der Waals surface area contributed by atoms with E-state index in [1.807, 2.05) is 0 Å². The van der Waals surface area contributed by atoms with E-state index in [4.69, 9.17) is 0 Å². The molecular formula is C64H43N. The van der Waals surface area contributed by atoms with E-state index >= 15 is 0 Å². The molecule has 11 aromatic carbocycles. The van der Waals surface area contributed by atoms with E-state index in [9.17, 15) is 0 Å². The summed E-state index contributed by atoms with van der Waals surface area (Å²) in [4.78, 5) is 2.50. The highest BCUT2D eigenvalue weighted by Crippen LogP contribution is 2.63. The van der Waals surface area contributed by atoms with E-state index in [0.717, 1.165) is 17.1 Å². The summed E-state index contributed by atoms with van der Waals surface area (Å²) in [5.74, 6) is 0. The van der Waals surface area contributed by atoms with Crippen molar-refractivity contribution in [2.75, 3.05) is 4.90 Å². The van der Waals surface area contributed by atoms with Gasteiger partial charge < -0.3 is 4.90 Å². The molecule has 1 heteroatoms. The summed E-state index contributed by atoms with van der Waals surface area (Å²) >= 11 is 0. The summed E-state index contributed by atoms with van der Waals surface area (Å²) in [5.41, 5.74) is 21.2. The van der Waals surface area contributed by atoms with Gasteiger partial charge in [-0.15, -0.1) is 0 Å². The van der Waals surface area contributed by atoms with Crippen molar-refractivity contribution in [3.63, 3.8) is 0 Å². The standard InChI is InChI=1S/C64H43N/c1-63(2)60-36-43(33-35-53(60)56-38-54-47-20-8-6-18-45(47)46-19-7-9-21-48(46)55(54)39-61(56)63)65(42-30-28-41(29-31-42)40-16-4-3-5-17-40)44-32-34-52-51-24-12-15-27-59(51)64(62(52)37-44)57-25-13-10-22-49(57)50-23-11-14-26-58(50)64/h3-39H,1-2H3. The summed E-state index contributed by atoms with van der Waals surface area (Å²) in [6, 6.07) is 84.4. The Labute approximate surface area is 379 Å². The van der Waals surface area contributed by atoms with Crippen LogP contribution < -0.4 is 4.90 Å². The lowest BCUT2D eigenvalue weighted by Gasteiger charge is -2.32. The minimum Gasteiger partial charge on any atom is -0.310 e. The van der Waals surface area contributed by atoms with Gasteiger partial charge in [0.25, 0.3) is 0 Å². The first-order chi connectivity index (χ1) is 32.0. The van der Waals surface area contributed by atoms with Gasteiger partial charge in [0.15, 0.2) is 0 Å². The Kier molecular flexibility index (Phi) is 7.45. The first-order valence-electron chi connectivity index (χ1n) is 22.9. The Morgan fingerprint density at radius 1 is 0.262 bits per heavy atom. The molecule has 0 aromatic heterocycles. The van der Waals surface area contributed by atoms with Gasteiger partial charge in [0.1, 0.15) is 0 Å². The Bertz CT molecular complexity index is 3730. The second-order valence-corrected chi connectivity index (χ2v) is 18.8. The third-order valence-corrected chi connectivity index (χ3v) is 15.3. The number of anilines is 3. The second kappa shape index (κ2) is 13.3. The molecule has 0 saturated heterocycles. The zero-order chi connectivity index (χ0) is 43.0. The third kappa shape index (κ3) is 4.88. The van der Waals surface area contributed by atoms with Gasteiger partial charge in [0, 0.05) is 22.5 Å². The van der Waals surface area contributed by atoms with Gasteiger partial charge in [-0.05, 0) is 159 Å². The van der Waals surface area contributed by atoms with Crippen molar-refractivity contribution in [3.05, 3.63) is 258 Å². The largest absolute Gasteiger partial charge is 0.310 e. The number of hydrogen-bond donors (Lipinski definition) is 0. The van der Waals surface area contributed by atoms with Crippen LogP contribution in [0.2, 0.25) is 0 Å². The molecular weight excluding hydrogens is 783 g/mol. The molecule has 14 rings (SSSR count). The lowest BCUT2D eigenvalue weighted by molar-refractivity contribution is 0.661. The summed E-state index contributed by atoms with van der Waals surface area (Å²) in [6.07, 6.45) is 0. The van der Waals surface area contributed by atoms with Crippen molar-refractivity contribution >= 4 is 49.4 Å². The topological polar surface area (TPSA) is 3.24 Å². The average molecular weight is 826 g/mol. The van der Waals surface area contributed by atoms with Gasteiger partial charge in [0.2, 0.25) is 0 Å². The predicted molar refractivity (Wildman–Crippen MR) is 273 cm³/mol. The van der Waals surface area contributed by atoms with Crippen LogP contribution in [0.25, 0.3) is 76.8 Å². The number of benzene rings is 11. The van der Waals surface area contributed by atoms with Crippen molar-refractivity contribution in [3.8, 4) is 44.5 Å². The maximum absolute atomic E-state index is 2.51. The highest BCUT2D eigenvalue weighted by molar-refractivity contribution is 6.26. The maximum atomic E-state index is 2.51. The van der Waals surface area contributed by atoms with Crippen molar-refractivity contribution in [1.29, 1.82) is 0 Å². The molecule has 0 bridgehead atoms. The van der Waals surface area contributed by atoms with Crippen LogP contribution in [-0.4, -0.2) is 0 Å². The Balaban J connectivity index is 0.989. The monoisotopic (exact) mass is 825 g/mol. The van der Waals surface area contributed by atoms with Crippen LogP contribution in [0.15, 0.2) is 224 Å². The summed E-state index contributed by atoms with van der Waals surface area (Å²) in [5, 5.41) is 7.87. The Morgan fingerprint density at radius 2 is 0.646 bits per heavy atom. The summed E-state index contributed by atoms with van der Waals surface area (Å²) < 4.78 is 0. The van der Waals surface area contributed by atoms with Gasteiger partial charge in [-0.3, -0.25) is 0 Å². The van der Waals surface area contributed by atoms with Gasteiger partial charge in [-0.25, -0.2) is 0 Å². The maximum Gasteiger partial charge on any atom is 0.0726 e. The molecule has 0 amide bonds. The van der Waals surface area contributed by atoms with Crippen LogP contribution in [0, 0.1) is 0 Å². The van der Waals surface area contributed by atoms with Crippen molar-refractivity contribution in [1.82, 2.24) is 0 Å². The SMILES string of the molecule is CC1(C)c2cc(N(c3ccc(-c4ccccc4)cc3)c3ccc4c(c3)C3(c5ccccc5-c5ccccc53)c3ccccc3-4)ccc2-c2cc3c4ccccc4c4ccccc4c3cc21. The molecule has 0 heterocycles. The van der Waals surface area contributed by atoms with Gasteiger partial charge in [0.05, 0.1) is 5.41 Å². The third-order valence-electron chi connectivity index (χ3n) is 15.3. The molecule has 0 radical (unpaired) electrons. The first-order valence-corrected chi connectivity index (χ1v) is 22.9. The molecule has 3 aliphatic carbocycles. The van der Waals surface area contributed by atoms with E-state index in [1.54, 1.807) is 0 Å². The number of fused-ring (bicyclic) bond motifs is 19. The molecule has 0 unspecified atom stereocenters. The highest BCUT2D eigenvalue weighted by atomic mass is 15.1. The minimum atomic E-state index is -0.435. The zero-order valence-corrected chi connectivity index (χ0v) is 36.3. The van der Waals surface area contributed by atoms with Crippen LogP contribution in [0.5, 0.6) is 0 Å². The van der Waals surface area contributed by atoms with Gasteiger partial charge in [-0.1, -0.05) is 190 Å². The Hall–Kier alpha value is -8.00. The Morgan fingerprint density at radius 3 is 1.20 bits per heavy atom. The summed E-state index contributed by atoms with van der Waals surface area (Å²) in [6.45, 7) is 4.84. The highest BCUT2D eigenvalue weighted by Gasteiger charge is 2.51. The predicted octanol–water partition coefficient (Wildman–Crippen LogP) is 16.9. The normalized spacial score (nSPS) is 14.2. The van der Waals surface area contributed by atoms with Crippen molar-refractivity contribution in [2.24, 2.45) is 0 Å². The van der Waals surface area contributed by atoms with Crippen LogP contribution in [-0.2, 0) is 10.8 Å². The average Bonchev–Trinajstić information content (AvgIpc) is 3.92. The number of hydrogen-bond acceptors (Lipinski definition) is 1. The first kappa shape index (κ1) is 36.5. The fourth-order valence-electron chi connectivity index (χ4n) is 12.4. The van der Waals surface area contributed by atoms with E-state index in [-0.39, 0.29) is 5.41 Å². The molecule has 304 valence electrons. The number of nitrogens with zero attached hydrogens (tertiary/aromatic N) is 1. The van der Waals surface area contributed by atoms with Crippen LogP contribution in [0.4, 0.5) is 17.1 Å². The lowest BCUT2D eigenvalue weighted by atomic mass is 9.70. The fraction of sp³-hybridized carbons (Fsp3) is 0.0625. The molecule has 1 spiro atoms. The lowest BCUT2D eigenvalue weighted by Crippen LogP contribution is -2.26. The van der Waals surface area contributed by atoms with Crippen molar-refractivity contribution in [2.45, 2.75) is 24.7 Å². The molecule has 0 saturated carbocycles. The molecule has 0 atom stereocenters. The molecule has 0 N–H and O–H groups in total. The minimum absolute atomic E-state index is 0.231. The van der Waals surface area contributed by atoms with E-state index in [0.29, 0.717) is 0 Å². The molecule has 0 fully saturated rings. The smallest absolute Gasteiger partial charge is 0.0726 e. The quantitative estimate of drug-likeness (QED) is 0.160. The molecule has 3 aliphatic rings. The zero-order valence-electron chi connectivity index (χ0n) is 36.3. The molecule has 1 nitrogen and oxygen atoms in total. The van der Waals surface area contributed by atoms with Gasteiger partial charge >= 0.3 is 0 Å². The number of rotatable bonds is 4. The van der Waals surface area contributed by atoms with Crippen LogP contribution >= 0.6 is 0 Å². The second-order valence-electron chi connectivity index (χ2n) is 18.8. The van der Waals surface area contributed by atoms with E-state index < -0.39 is 5.41 Å². The molecule has 11 aromatic rings. The molecule has 0 aliphatic heterocycles. The van der Waals surface area contributed by atoms with E-state index in [2.05, 4.69) is 243 Å². The molecule has 65 heavy (non-hydrogen) atoms.